The van der Waals surface area contributed by atoms with Gasteiger partial charge in [0.25, 0.3) is 0 Å². The number of rotatable bonds is 10. The van der Waals surface area contributed by atoms with E-state index in [1.54, 1.807) is 13.8 Å². The largest absolute Gasteiger partial charge is 0.361 e. The van der Waals surface area contributed by atoms with Crippen molar-refractivity contribution in [1.82, 2.24) is 0 Å². The minimum absolute atomic E-state index is 0.174. The average Bonchev–Trinajstić information content (AvgIpc) is 2.26. The third-order valence-electron chi connectivity index (χ3n) is 2.65. The van der Waals surface area contributed by atoms with E-state index in [0.29, 0.717) is 6.42 Å². The normalized spacial score (nSPS) is 13.9. The van der Waals surface area contributed by atoms with E-state index in [9.17, 15) is 0 Å². The van der Waals surface area contributed by atoms with E-state index < -0.39 is 16.7 Å². The summed E-state index contributed by atoms with van der Waals surface area (Å²) in [6, 6.07) is 0. The van der Waals surface area contributed by atoms with Crippen molar-refractivity contribution < 1.29 is 19.2 Å². The van der Waals surface area contributed by atoms with Crippen molar-refractivity contribution >= 4 is 0 Å². The first-order chi connectivity index (χ1) is 8.60. The van der Waals surface area contributed by atoms with E-state index in [-0.39, 0.29) is 19.8 Å². The monoisotopic (exact) mass is 280 g/mol. The van der Waals surface area contributed by atoms with Gasteiger partial charge in [0, 0.05) is 5.41 Å². The molecule has 0 aromatic heterocycles. The lowest BCUT2D eigenvalue weighted by molar-refractivity contribution is -0.146. The van der Waals surface area contributed by atoms with Crippen molar-refractivity contribution in [2.24, 2.45) is 28.8 Å². The lowest BCUT2D eigenvalue weighted by Gasteiger charge is -2.38. The van der Waals surface area contributed by atoms with Gasteiger partial charge in [0.2, 0.25) is 0 Å². The van der Waals surface area contributed by atoms with Crippen LogP contribution >= 0.6 is 0 Å². The minimum Gasteiger partial charge on any atom is -0.361 e. The molecule has 0 atom stereocenters. The zero-order chi connectivity index (χ0) is 15.2. The Morgan fingerprint density at radius 1 is 0.842 bits per heavy atom. The van der Waals surface area contributed by atoms with Crippen LogP contribution in [-0.4, -0.2) is 31.1 Å². The molecule has 0 spiro atoms. The van der Waals surface area contributed by atoms with E-state index in [4.69, 9.17) is 42.7 Å². The highest BCUT2D eigenvalue weighted by Gasteiger charge is 2.39. The molecule has 8 N–H and O–H groups in total. The average molecular weight is 280 g/mol. The Kier molecular flexibility index (Phi) is 7.33. The molecule has 0 aliphatic carbocycles. The highest BCUT2D eigenvalue weighted by Crippen LogP contribution is 2.32. The highest BCUT2D eigenvalue weighted by atomic mass is 16.6. The van der Waals surface area contributed by atoms with Gasteiger partial charge in [-0.2, -0.15) is 0 Å². The van der Waals surface area contributed by atoms with Crippen molar-refractivity contribution in [3.8, 4) is 0 Å². The maximum atomic E-state index is 5.81. The van der Waals surface area contributed by atoms with Crippen LogP contribution in [0.3, 0.4) is 0 Å². The van der Waals surface area contributed by atoms with Gasteiger partial charge >= 0.3 is 0 Å². The Bertz CT molecular complexity index is 250. The van der Waals surface area contributed by atoms with Crippen LogP contribution in [0.5, 0.6) is 0 Å². The van der Waals surface area contributed by atoms with E-state index >= 15 is 0 Å². The third-order valence-corrected chi connectivity index (χ3v) is 2.65. The smallest absolute Gasteiger partial charge is 0.111 e. The molecule has 0 unspecified atom stereocenters. The molecule has 0 amide bonds. The molecule has 0 saturated carbocycles. The van der Waals surface area contributed by atoms with E-state index in [1.807, 2.05) is 13.8 Å². The van der Waals surface area contributed by atoms with Crippen LogP contribution in [0.2, 0.25) is 0 Å². The van der Waals surface area contributed by atoms with Gasteiger partial charge in [0.15, 0.2) is 0 Å². The summed E-state index contributed by atoms with van der Waals surface area (Å²) in [6.07, 6.45) is 0.473. The van der Waals surface area contributed by atoms with Gasteiger partial charge in [-0.25, -0.2) is 17.7 Å². The summed E-state index contributed by atoms with van der Waals surface area (Å²) < 4.78 is 5.60. The van der Waals surface area contributed by atoms with Gasteiger partial charge < -0.3 is 20.1 Å². The lowest BCUT2D eigenvalue weighted by atomic mass is 9.80. The Hall–Kier alpha value is -0.320. The van der Waals surface area contributed by atoms with Crippen LogP contribution in [0.1, 0.15) is 34.1 Å². The SMILES string of the molecule is CC(C)(N)OCC(CON)(CON)CC(C)(C)ON. The molecule has 0 bridgehead atoms. The number of hydrogen-bond acceptors (Lipinski definition) is 8. The minimum atomic E-state index is -0.790. The van der Waals surface area contributed by atoms with Crippen molar-refractivity contribution in [3.63, 3.8) is 0 Å². The second-order valence-corrected chi connectivity index (χ2v) is 6.07. The Morgan fingerprint density at radius 3 is 1.63 bits per heavy atom. The summed E-state index contributed by atoms with van der Waals surface area (Å²) in [5.74, 6) is 15.7. The molecule has 0 rings (SSSR count). The molecule has 0 aliphatic heterocycles. The van der Waals surface area contributed by atoms with Gasteiger partial charge in [0.05, 0.1) is 25.4 Å². The first-order valence-electron chi connectivity index (χ1n) is 6.04. The molecule has 0 aromatic carbocycles. The Morgan fingerprint density at radius 2 is 1.32 bits per heavy atom. The van der Waals surface area contributed by atoms with Gasteiger partial charge in [-0.05, 0) is 34.1 Å². The molecule has 0 fully saturated rings. The second kappa shape index (κ2) is 7.46. The molecule has 116 valence electrons. The highest BCUT2D eigenvalue weighted by molar-refractivity contribution is 4.87. The zero-order valence-electron chi connectivity index (χ0n) is 12.3. The molecular formula is C11H28N4O4. The summed E-state index contributed by atoms with van der Waals surface area (Å²) in [5, 5.41) is 0. The van der Waals surface area contributed by atoms with Crippen molar-refractivity contribution in [1.29, 1.82) is 0 Å². The van der Waals surface area contributed by atoms with Gasteiger partial charge in [0.1, 0.15) is 5.72 Å². The molecular weight excluding hydrogens is 252 g/mol. The fourth-order valence-corrected chi connectivity index (χ4v) is 1.92. The van der Waals surface area contributed by atoms with Crippen LogP contribution < -0.4 is 23.4 Å². The predicted molar refractivity (Wildman–Crippen MR) is 70.9 cm³/mol. The lowest BCUT2D eigenvalue weighted by Crippen LogP contribution is -2.49. The first kappa shape index (κ1) is 18.7. The van der Waals surface area contributed by atoms with Crippen molar-refractivity contribution in [2.75, 3.05) is 19.8 Å². The molecule has 8 heteroatoms. The Labute approximate surface area is 114 Å². The van der Waals surface area contributed by atoms with Gasteiger partial charge in [-0.15, -0.1) is 0 Å². The number of ether oxygens (including phenoxy) is 1. The van der Waals surface area contributed by atoms with E-state index in [1.165, 1.54) is 0 Å². The standard InChI is InChI=1S/C11H28N4O4/c1-9(2,19-15)5-11(7-17-13,8-18-14)6-16-10(3,4)12/h5-8,12-15H2,1-4H3. The maximum absolute atomic E-state index is 5.81. The van der Waals surface area contributed by atoms with Crippen LogP contribution in [0.15, 0.2) is 0 Å². The quantitative estimate of drug-likeness (QED) is 0.311. The second-order valence-electron chi connectivity index (χ2n) is 6.07. The fourth-order valence-electron chi connectivity index (χ4n) is 1.92. The molecule has 0 aliphatic rings. The van der Waals surface area contributed by atoms with Gasteiger partial charge in [-0.1, -0.05) is 0 Å². The molecule has 0 saturated heterocycles. The van der Waals surface area contributed by atoms with Crippen molar-refractivity contribution in [3.05, 3.63) is 0 Å². The number of nitrogens with two attached hydrogens (primary N) is 4. The molecule has 0 heterocycles. The summed E-state index contributed by atoms with van der Waals surface area (Å²) in [4.78, 5) is 14.5. The maximum Gasteiger partial charge on any atom is 0.111 e. The summed E-state index contributed by atoms with van der Waals surface area (Å²) in [5.41, 5.74) is 3.80. The number of hydrogen-bond donors (Lipinski definition) is 4. The zero-order valence-corrected chi connectivity index (χ0v) is 12.3. The summed E-state index contributed by atoms with van der Waals surface area (Å²) >= 11 is 0. The predicted octanol–water partition coefficient (Wildman–Crippen LogP) is -0.476. The van der Waals surface area contributed by atoms with Crippen LogP contribution in [0, 0.1) is 5.41 Å². The molecule has 8 nitrogen and oxygen atoms in total. The van der Waals surface area contributed by atoms with Crippen LogP contribution in [0.25, 0.3) is 0 Å². The van der Waals surface area contributed by atoms with Crippen LogP contribution in [-0.2, 0) is 19.2 Å². The van der Waals surface area contributed by atoms with Gasteiger partial charge in [-0.3, -0.25) is 4.84 Å². The molecule has 0 aromatic rings. The van der Waals surface area contributed by atoms with Crippen LogP contribution in [0.4, 0.5) is 0 Å². The van der Waals surface area contributed by atoms with E-state index in [2.05, 4.69) is 0 Å². The topological polar surface area (TPSA) is 141 Å². The molecule has 0 radical (unpaired) electrons. The summed E-state index contributed by atoms with van der Waals surface area (Å²) in [7, 11) is 0. The Balaban J connectivity index is 4.95. The van der Waals surface area contributed by atoms with E-state index in [0.717, 1.165) is 0 Å². The first-order valence-corrected chi connectivity index (χ1v) is 6.04. The third kappa shape index (κ3) is 7.75. The fraction of sp³-hybridized carbons (Fsp3) is 1.00. The summed E-state index contributed by atoms with van der Waals surface area (Å²) in [6.45, 7) is 7.76. The van der Waals surface area contributed by atoms with Crippen molar-refractivity contribution in [2.45, 2.75) is 45.4 Å². The molecule has 19 heavy (non-hydrogen) atoms.